The molecule has 204 valence electrons. The fourth-order valence-electron chi connectivity index (χ4n) is 4.56. The average Bonchev–Trinajstić information content (AvgIpc) is 2.90. The van der Waals surface area contributed by atoms with Gasteiger partial charge in [0.15, 0.2) is 18.1 Å². The summed E-state index contributed by atoms with van der Waals surface area (Å²) in [6.45, 7) is 1.78. The Morgan fingerprint density at radius 1 is 0.947 bits per heavy atom. The Morgan fingerprint density at radius 2 is 1.61 bits per heavy atom. The van der Waals surface area contributed by atoms with Crippen molar-refractivity contribution in [3.63, 3.8) is 0 Å². The highest BCUT2D eigenvalue weighted by Crippen LogP contribution is 2.43. The van der Waals surface area contributed by atoms with E-state index >= 15 is 0 Å². The van der Waals surface area contributed by atoms with Crippen molar-refractivity contribution in [2.75, 3.05) is 40.5 Å². The fraction of sp³-hybridized carbons (Fsp3) is 0.321. The molecule has 1 heterocycles. The maximum atomic E-state index is 10.6. The molecule has 0 saturated heterocycles. The molecular weight excluding hydrogens is 553 g/mol. The Labute approximate surface area is 238 Å². The highest BCUT2D eigenvalue weighted by Gasteiger charge is 2.31. The van der Waals surface area contributed by atoms with Crippen LogP contribution in [-0.2, 0) is 11.2 Å². The Bertz CT molecular complexity index is 1240. The smallest absolute Gasteiger partial charge is 0.341 e. The second-order valence-electron chi connectivity index (χ2n) is 8.62. The fourth-order valence-corrected chi connectivity index (χ4v) is 5.07. The van der Waals surface area contributed by atoms with E-state index in [-0.39, 0.29) is 25.1 Å². The lowest BCUT2D eigenvalue weighted by Gasteiger charge is -2.38. The van der Waals surface area contributed by atoms with Gasteiger partial charge in [0.25, 0.3) is 0 Å². The van der Waals surface area contributed by atoms with E-state index in [1.807, 2.05) is 18.2 Å². The summed E-state index contributed by atoms with van der Waals surface area (Å²) in [5.41, 5.74) is 3.31. The molecule has 1 N–H and O–H groups in total. The Balaban J connectivity index is 0.00000400. The van der Waals surface area contributed by atoms with E-state index in [1.165, 1.54) is 5.56 Å². The number of fused-ring (bicyclic) bond motifs is 1. The summed E-state index contributed by atoms with van der Waals surface area (Å²) in [7, 11) is 3.28. The summed E-state index contributed by atoms with van der Waals surface area (Å²) in [5, 5.41) is 9.94. The van der Waals surface area contributed by atoms with Crippen LogP contribution in [0.15, 0.2) is 54.6 Å². The molecule has 1 unspecified atom stereocenters. The molecule has 38 heavy (non-hydrogen) atoms. The minimum absolute atomic E-state index is 0. The van der Waals surface area contributed by atoms with Crippen LogP contribution < -0.4 is 18.9 Å². The molecule has 3 aromatic carbocycles. The summed E-state index contributed by atoms with van der Waals surface area (Å²) in [6, 6.07) is 16.6. The molecule has 1 atom stereocenters. The lowest BCUT2D eigenvalue weighted by Crippen LogP contribution is -2.37. The third-order valence-electron chi connectivity index (χ3n) is 6.28. The Kier molecular flexibility index (Phi) is 10.8. The minimum atomic E-state index is -1.02. The summed E-state index contributed by atoms with van der Waals surface area (Å²) < 4.78 is 22.2. The molecule has 1 aliphatic rings. The molecule has 1 aliphatic heterocycles. The number of hydrogen-bond acceptors (Lipinski definition) is 6. The van der Waals surface area contributed by atoms with E-state index in [9.17, 15) is 4.79 Å². The number of rotatable bonds is 11. The summed E-state index contributed by atoms with van der Waals surface area (Å²) in [5.74, 6) is 1.55. The molecular formula is C28H30Cl3NO6. The predicted octanol–water partition coefficient (Wildman–Crippen LogP) is 6.31. The normalized spacial score (nSPS) is 14.7. The van der Waals surface area contributed by atoms with Gasteiger partial charge in [0, 0.05) is 23.1 Å². The van der Waals surface area contributed by atoms with Crippen LogP contribution >= 0.6 is 35.6 Å². The van der Waals surface area contributed by atoms with Gasteiger partial charge in [-0.3, -0.25) is 4.90 Å². The number of nitrogens with zero attached hydrogens (tertiary/aromatic N) is 1. The molecule has 0 spiro atoms. The van der Waals surface area contributed by atoms with Crippen LogP contribution in [0.3, 0.4) is 0 Å². The summed E-state index contributed by atoms with van der Waals surface area (Å²) >= 11 is 12.9. The van der Waals surface area contributed by atoms with E-state index in [0.29, 0.717) is 39.7 Å². The van der Waals surface area contributed by atoms with Gasteiger partial charge in [0.2, 0.25) is 0 Å². The monoisotopic (exact) mass is 581 g/mol. The molecule has 3 aromatic rings. The van der Waals surface area contributed by atoms with Gasteiger partial charge in [-0.05, 0) is 78.1 Å². The van der Waals surface area contributed by atoms with Gasteiger partial charge in [-0.2, -0.15) is 0 Å². The molecule has 0 radical (unpaired) electrons. The first-order chi connectivity index (χ1) is 17.9. The Hall–Kier alpha value is -2.84. The van der Waals surface area contributed by atoms with Crippen LogP contribution in [0.5, 0.6) is 23.0 Å². The maximum Gasteiger partial charge on any atom is 0.341 e. The zero-order valence-corrected chi connectivity index (χ0v) is 23.4. The third kappa shape index (κ3) is 7.17. The number of aliphatic carboxylic acids is 1. The van der Waals surface area contributed by atoms with Crippen LogP contribution in [0, 0.1) is 0 Å². The largest absolute Gasteiger partial charge is 0.494 e. The van der Waals surface area contributed by atoms with Gasteiger partial charge in [0.1, 0.15) is 11.5 Å². The van der Waals surface area contributed by atoms with Crippen LogP contribution in [0.1, 0.15) is 29.2 Å². The van der Waals surface area contributed by atoms with Gasteiger partial charge >= 0.3 is 5.97 Å². The highest BCUT2D eigenvalue weighted by molar-refractivity contribution is 6.35. The molecule has 0 fully saturated rings. The molecule has 0 aromatic heterocycles. The topological polar surface area (TPSA) is 77.5 Å². The van der Waals surface area contributed by atoms with Crippen LogP contribution in [-0.4, -0.2) is 56.5 Å². The second-order valence-corrected chi connectivity index (χ2v) is 9.46. The van der Waals surface area contributed by atoms with Crippen molar-refractivity contribution < 1.29 is 28.8 Å². The number of halogens is 3. The molecule has 0 saturated carbocycles. The number of hydrogen-bond donors (Lipinski definition) is 1. The first kappa shape index (κ1) is 29.7. The van der Waals surface area contributed by atoms with Crippen molar-refractivity contribution in [1.29, 1.82) is 0 Å². The zero-order chi connectivity index (χ0) is 26.4. The van der Waals surface area contributed by atoms with Gasteiger partial charge in [0.05, 0.1) is 26.9 Å². The van der Waals surface area contributed by atoms with E-state index < -0.39 is 5.97 Å². The van der Waals surface area contributed by atoms with Crippen molar-refractivity contribution in [2.45, 2.75) is 18.9 Å². The van der Waals surface area contributed by atoms with E-state index in [0.717, 1.165) is 37.1 Å². The number of carbonyl (C=O) groups is 1. The minimum Gasteiger partial charge on any atom is -0.494 e. The SMILES string of the molecule is COc1cc2c(cc1OC)C(c1ccc(Cl)cc1Cl)N(CCCOc1ccc(OCC(=O)O)cc1)CC2.Cl. The first-order valence-corrected chi connectivity index (χ1v) is 12.7. The van der Waals surface area contributed by atoms with Crippen LogP contribution in [0.2, 0.25) is 10.0 Å². The zero-order valence-electron chi connectivity index (χ0n) is 21.1. The van der Waals surface area contributed by atoms with E-state index in [1.54, 1.807) is 44.6 Å². The van der Waals surface area contributed by atoms with Crippen molar-refractivity contribution in [3.8, 4) is 23.0 Å². The average molecular weight is 583 g/mol. The van der Waals surface area contributed by atoms with E-state index in [4.69, 9.17) is 47.3 Å². The van der Waals surface area contributed by atoms with Crippen molar-refractivity contribution in [2.24, 2.45) is 0 Å². The standard InChI is InChI=1S/C28H29Cl2NO6.ClH/c1-34-25-14-18-10-12-31(11-3-13-36-20-5-7-21(8-6-20)37-17-27(32)33)28(23(18)16-26(25)35-2)22-9-4-19(29)15-24(22)30;/h4-9,14-16,28H,3,10-13,17H2,1-2H3,(H,32,33);1H. The number of benzene rings is 3. The van der Waals surface area contributed by atoms with Gasteiger partial charge in [-0.25, -0.2) is 4.79 Å². The molecule has 0 amide bonds. The van der Waals surface area contributed by atoms with Crippen LogP contribution in [0.4, 0.5) is 0 Å². The predicted molar refractivity (Wildman–Crippen MR) is 150 cm³/mol. The highest BCUT2D eigenvalue weighted by atomic mass is 35.5. The second kappa shape index (κ2) is 13.8. The lowest BCUT2D eigenvalue weighted by molar-refractivity contribution is -0.139. The molecule has 7 nitrogen and oxygen atoms in total. The number of methoxy groups -OCH3 is 2. The summed E-state index contributed by atoms with van der Waals surface area (Å²) in [6.07, 6.45) is 1.66. The Morgan fingerprint density at radius 3 is 2.24 bits per heavy atom. The van der Waals surface area contributed by atoms with E-state index in [2.05, 4.69) is 11.0 Å². The lowest BCUT2D eigenvalue weighted by atomic mass is 9.87. The molecule has 0 aliphatic carbocycles. The number of carboxylic acids is 1. The van der Waals surface area contributed by atoms with Gasteiger partial charge in [-0.1, -0.05) is 29.3 Å². The van der Waals surface area contributed by atoms with Crippen LogP contribution in [0.25, 0.3) is 0 Å². The van der Waals surface area contributed by atoms with Crippen molar-refractivity contribution in [1.82, 2.24) is 4.90 Å². The van der Waals surface area contributed by atoms with Gasteiger partial charge < -0.3 is 24.1 Å². The van der Waals surface area contributed by atoms with Gasteiger partial charge in [-0.15, -0.1) is 12.4 Å². The first-order valence-electron chi connectivity index (χ1n) is 11.9. The van der Waals surface area contributed by atoms with Crippen molar-refractivity contribution in [3.05, 3.63) is 81.3 Å². The molecule has 10 heteroatoms. The summed E-state index contributed by atoms with van der Waals surface area (Å²) in [4.78, 5) is 13.0. The van der Waals surface area contributed by atoms with Crippen molar-refractivity contribution >= 4 is 41.6 Å². The molecule has 4 rings (SSSR count). The quantitative estimate of drug-likeness (QED) is 0.265. The third-order valence-corrected chi connectivity index (χ3v) is 6.84. The maximum absolute atomic E-state index is 10.6. The molecule has 0 bridgehead atoms. The number of carboxylic acid groups (broad SMARTS) is 1. The number of ether oxygens (including phenoxy) is 4.